The van der Waals surface area contributed by atoms with Crippen LogP contribution in [0.1, 0.15) is 35.3 Å². The third-order valence-electron chi connectivity index (χ3n) is 3.94. The second-order valence-corrected chi connectivity index (χ2v) is 7.68. The van der Waals surface area contributed by atoms with Crippen LogP contribution < -0.4 is 10.0 Å². The Morgan fingerprint density at radius 3 is 2.43 bits per heavy atom. The Hall–Kier alpha value is -2.78. The monoisotopic (exact) mass is 408 g/mol. The first-order valence-corrected chi connectivity index (χ1v) is 10.0. The molecule has 150 valence electrons. The molecule has 1 amide bonds. The number of sulfonamides is 1. The predicted molar refractivity (Wildman–Crippen MR) is 101 cm³/mol. The number of rotatable bonds is 8. The van der Waals surface area contributed by atoms with Gasteiger partial charge in [0.2, 0.25) is 10.0 Å². The molecule has 0 heterocycles. The number of hydrogen-bond donors (Lipinski definition) is 2. The maximum atomic E-state index is 14.2. The molecule has 2 aromatic rings. The summed E-state index contributed by atoms with van der Waals surface area (Å²) in [7, 11) is -2.64. The van der Waals surface area contributed by atoms with Crippen LogP contribution in [0, 0.1) is 5.82 Å². The number of halogens is 1. The van der Waals surface area contributed by atoms with Gasteiger partial charge in [-0.05, 0) is 37.7 Å². The van der Waals surface area contributed by atoms with E-state index in [9.17, 15) is 22.4 Å². The Kier molecular flexibility index (Phi) is 7.24. The molecule has 0 saturated carbocycles. The van der Waals surface area contributed by atoms with E-state index in [1.807, 2.05) is 0 Å². The van der Waals surface area contributed by atoms with Gasteiger partial charge in [-0.1, -0.05) is 30.3 Å². The van der Waals surface area contributed by atoms with Crippen molar-refractivity contribution in [1.82, 2.24) is 10.0 Å². The molecule has 28 heavy (non-hydrogen) atoms. The quantitative estimate of drug-likeness (QED) is 0.652. The van der Waals surface area contributed by atoms with Crippen LogP contribution in [0.4, 0.5) is 4.39 Å². The van der Waals surface area contributed by atoms with Gasteiger partial charge in [-0.15, -0.1) is 0 Å². The van der Waals surface area contributed by atoms with Crippen molar-refractivity contribution in [1.29, 1.82) is 0 Å². The van der Waals surface area contributed by atoms with Gasteiger partial charge in [0.25, 0.3) is 5.91 Å². The molecule has 0 fully saturated rings. The standard InChI is InChI=1S/C19H21FN2O5S/c1-3-27-18(23)12-17(13-7-5-4-6-8-13)22-19(24)15-11-14(9-10-16(15)20)28(25,26)21-2/h4-11,17,21H,3,12H2,1-2H3,(H,22,24). The number of carbonyl (C=O) groups is 2. The van der Waals surface area contributed by atoms with Crippen molar-refractivity contribution in [3.63, 3.8) is 0 Å². The number of hydrogen-bond acceptors (Lipinski definition) is 5. The smallest absolute Gasteiger partial charge is 0.308 e. The topological polar surface area (TPSA) is 102 Å². The van der Waals surface area contributed by atoms with E-state index in [1.54, 1.807) is 37.3 Å². The molecular formula is C19H21FN2O5S. The van der Waals surface area contributed by atoms with E-state index in [0.717, 1.165) is 18.2 Å². The van der Waals surface area contributed by atoms with Crippen molar-refractivity contribution < 1.29 is 27.1 Å². The molecule has 0 bridgehead atoms. The predicted octanol–water partition coefficient (Wildman–Crippen LogP) is 2.16. The summed E-state index contributed by atoms with van der Waals surface area (Å²) >= 11 is 0. The first kappa shape index (κ1) is 21.5. The van der Waals surface area contributed by atoms with Crippen molar-refractivity contribution in [3.8, 4) is 0 Å². The lowest BCUT2D eigenvalue weighted by Crippen LogP contribution is -2.31. The lowest BCUT2D eigenvalue weighted by molar-refractivity contribution is -0.143. The van der Waals surface area contributed by atoms with Crippen molar-refractivity contribution in [2.24, 2.45) is 0 Å². The molecule has 0 saturated heterocycles. The van der Waals surface area contributed by atoms with Crippen molar-refractivity contribution in [3.05, 3.63) is 65.5 Å². The zero-order chi connectivity index (χ0) is 20.7. The second kappa shape index (κ2) is 9.43. The molecule has 2 rings (SSSR count). The van der Waals surface area contributed by atoms with Crippen LogP contribution in [0.15, 0.2) is 53.4 Å². The first-order chi connectivity index (χ1) is 13.3. The molecule has 0 spiro atoms. The van der Waals surface area contributed by atoms with Gasteiger partial charge >= 0.3 is 5.97 Å². The van der Waals surface area contributed by atoms with Gasteiger partial charge in [-0.2, -0.15) is 0 Å². The molecule has 1 atom stereocenters. The maximum Gasteiger partial charge on any atom is 0.308 e. The first-order valence-electron chi connectivity index (χ1n) is 8.53. The lowest BCUT2D eigenvalue weighted by atomic mass is 10.0. The fourth-order valence-electron chi connectivity index (χ4n) is 2.52. The minimum atomic E-state index is -3.85. The van der Waals surface area contributed by atoms with Crippen molar-refractivity contribution in [2.45, 2.75) is 24.3 Å². The van der Waals surface area contributed by atoms with Crippen LogP contribution in [0.2, 0.25) is 0 Å². The molecular weight excluding hydrogens is 387 g/mol. The number of carbonyl (C=O) groups excluding carboxylic acids is 2. The zero-order valence-corrected chi connectivity index (χ0v) is 16.3. The number of ether oxygens (including phenoxy) is 1. The highest BCUT2D eigenvalue weighted by Gasteiger charge is 2.23. The van der Waals surface area contributed by atoms with Crippen LogP contribution in [0.3, 0.4) is 0 Å². The van der Waals surface area contributed by atoms with Crippen molar-refractivity contribution >= 4 is 21.9 Å². The average molecular weight is 408 g/mol. The molecule has 1 unspecified atom stereocenters. The van der Waals surface area contributed by atoms with Gasteiger partial charge in [-0.25, -0.2) is 17.5 Å². The Bertz CT molecular complexity index is 948. The van der Waals surface area contributed by atoms with Crippen LogP contribution in [0.25, 0.3) is 0 Å². The molecule has 0 aliphatic rings. The number of esters is 1. The van der Waals surface area contributed by atoms with E-state index in [-0.39, 0.29) is 17.9 Å². The SMILES string of the molecule is CCOC(=O)CC(NC(=O)c1cc(S(=O)(=O)NC)ccc1F)c1ccccc1. The molecule has 0 aliphatic carbocycles. The van der Waals surface area contributed by atoms with Gasteiger partial charge in [0.15, 0.2) is 0 Å². The van der Waals surface area contributed by atoms with Gasteiger partial charge < -0.3 is 10.1 Å². The molecule has 2 aromatic carbocycles. The number of nitrogens with one attached hydrogen (secondary N) is 2. The maximum absolute atomic E-state index is 14.2. The summed E-state index contributed by atoms with van der Waals surface area (Å²) in [5.41, 5.74) is 0.185. The van der Waals surface area contributed by atoms with Gasteiger partial charge in [-0.3, -0.25) is 9.59 Å². The Morgan fingerprint density at radius 1 is 1.14 bits per heavy atom. The molecule has 0 aromatic heterocycles. The van der Waals surface area contributed by atoms with E-state index in [2.05, 4.69) is 10.0 Å². The zero-order valence-electron chi connectivity index (χ0n) is 15.4. The summed E-state index contributed by atoms with van der Waals surface area (Å²) < 4.78 is 45.1. The van der Waals surface area contributed by atoms with E-state index < -0.39 is 39.3 Å². The second-order valence-electron chi connectivity index (χ2n) is 5.80. The van der Waals surface area contributed by atoms with E-state index in [0.29, 0.717) is 5.56 Å². The fraction of sp³-hybridized carbons (Fsp3) is 0.263. The average Bonchev–Trinajstić information content (AvgIpc) is 2.68. The van der Waals surface area contributed by atoms with Crippen molar-refractivity contribution in [2.75, 3.05) is 13.7 Å². The number of benzene rings is 2. The summed E-state index contributed by atoms with van der Waals surface area (Å²) in [5.74, 6) is -2.25. The summed E-state index contributed by atoms with van der Waals surface area (Å²) in [5, 5.41) is 2.58. The van der Waals surface area contributed by atoms with Gasteiger partial charge in [0.1, 0.15) is 5.82 Å². The van der Waals surface area contributed by atoms with Gasteiger partial charge in [0, 0.05) is 0 Å². The van der Waals surface area contributed by atoms with Crippen LogP contribution >= 0.6 is 0 Å². The third-order valence-corrected chi connectivity index (χ3v) is 5.36. The van der Waals surface area contributed by atoms with E-state index >= 15 is 0 Å². The Balaban J connectivity index is 2.33. The highest BCUT2D eigenvalue weighted by Crippen LogP contribution is 2.20. The molecule has 0 radical (unpaired) electrons. The van der Waals surface area contributed by atoms with Crippen LogP contribution in [-0.2, 0) is 19.6 Å². The summed E-state index contributed by atoms with van der Waals surface area (Å²) in [6, 6.07) is 10.8. The van der Waals surface area contributed by atoms with Crippen LogP contribution in [0.5, 0.6) is 0 Å². The third kappa shape index (κ3) is 5.37. The molecule has 2 N–H and O–H groups in total. The molecule has 9 heteroatoms. The number of amides is 1. The van der Waals surface area contributed by atoms with E-state index in [4.69, 9.17) is 4.74 Å². The minimum Gasteiger partial charge on any atom is -0.466 e. The van der Waals surface area contributed by atoms with Crippen LogP contribution in [-0.4, -0.2) is 33.9 Å². The Morgan fingerprint density at radius 2 is 1.82 bits per heavy atom. The fourth-order valence-corrected chi connectivity index (χ4v) is 3.28. The summed E-state index contributed by atoms with van der Waals surface area (Å²) in [4.78, 5) is 24.3. The largest absolute Gasteiger partial charge is 0.466 e. The normalized spacial score (nSPS) is 12.2. The molecule has 0 aliphatic heterocycles. The molecule has 7 nitrogen and oxygen atoms in total. The minimum absolute atomic E-state index is 0.153. The summed E-state index contributed by atoms with van der Waals surface area (Å²) in [6.45, 7) is 1.85. The van der Waals surface area contributed by atoms with Gasteiger partial charge in [0.05, 0.1) is 29.5 Å². The highest BCUT2D eigenvalue weighted by atomic mass is 32.2. The Labute approximate surface area is 163 Å². The lowest BCUT2D eigenvalue weighted by Gasteiger charge is -2.19. The highest BCUT2D eigenvalue weighted by molar-refractivity contribution is 7.89. The summed E-state index contributed by atoms with van der Waals surface area (Å²) in [6.07, 6.45) is -0.153. The van der Waals surface area contributed by atoms with E-state index in [1.165, 1.54) is 7.05 Å².